The molecule has 122 valence electrons. The Balaban J connectivity index is 1.86. The molecule has 0 atom stereocenters. The fourth-order valence-corrected chi connectivity index (χ4v) is 2.37. The van der Waals surface area contributed by atoms with E-state index in [-0.39, 0.29) is 5.91 Å². The molecule has 1 amide bonds. The van der Waals surface area contributed by atoms with Crippen LogP contribution in [0.25, 0.3) is 6.08 Å². The molecule has 5 nitrogen and oxygen atoms in total. The number of aliphatic imine (C=N–C) groups is 1. The summed E-state index contributed by atoms with van der Waals surface area (Å²) in [5, 5.41) is 2.79. The number of nitrogens with zero attached hydrogens (tertiary/aromatic N) is 1. The Bertz CT molecular complexity index is 808. The zero-order chi connectivity index (χ0) is 16.9. The molecule has 0 spiro atoms. The second-order valence-electron chi connectivity index (χ2n) is 5.18. The van der Waals surface area contributed by atoms with Crippen molar-refractivity contribution < 1.29 is 14.3 Å². The minimum absolute atomic E-state index is 0.220. The van der Waals surface area contributed by atoms with Crippen LogP contribution in [0.2, 0.25) is 0 Å². The first-order valence-corrected chi connectivity index (χ1v) is 7.68. The molecule has 2 aromatic rings. The molecule has 0 saturated carbocycles. The smallest absolute Gasteiger partial charge is 0.275 e. The number of carbonyl (C=O) groups excluding carboxylic acids is 1. The van der Waals surface area contributed by atoms with Gasteiger partial charge in [0.05, 0.1) is 13.7 Å². The average molecular weight is 322 g/mol. The average Bonchev–Trinajstić information content (AvgIpc) is 2.96. The predicted molar refractivity (Wildman–Crippen MR) is 93.3 cm³/mol. The quantitative estimate of drug-likeness (QED) is 0.861. The number of benzene rings is 2. The van der Waals surface area contributed by atoms with Crippen molar-refractivity contribution in [3.63, 3.8) is 0 Å². The van der Waals surface area contributed by atoms with E-state index in [9.17, 15) is 4.79 Å². The normalized spacial score (nSPS) is 15.2. The van der Waals surface area contributed by atoms with Crippen LogP contribution < -0.4 is 14.8 Å². The molecule has 0 bridgehead atoms. The number of rotatable bonds is 5. The van der Waals surface area contributed by atoms with E-state index in [4.69, 9.17) is 9.47 Å². The molecule has 1 aliphatic heterocycles. The second kappa shape index (κ2) is 7.00. The first kappa shape index (κ1) is 15.8. The molecule has 24 heavy (non-hydrogen) atoms. The fraction of sp³-hybridized carbons (Fsp3) is 0.158. The highest BCUT2D eigenvalue weighted by Crippen LogP contribution is 2.19. The summed E-state index contributed by atoms with van der Waals surface area (Å²) >= 11 is 0. The lowest BCUT2D eigenvalue weighted by Crippen LogP contribution is -2.24. The Hall–Kier alpha value is -3.08. The molecule has 1 aliphatic rings. The molecule has 0 radical (unpaired) electrons. The summed E-state index contributed by atoms with van der Waals surface area (Å²) in [5.41, 5.74) is 2.07. The van der Waals surface area contributed by atoms with Crippen molar-refractivity contribution in [1.82, 2.24) is 5.32 Å². The topological polar surface area (TPSA) is 59.9 Å². The standard InChI is InChI=1S/C19H18N2O3/c1-3-24-16-6-4-5-13(11-16)12-17-19(22)21-18(20-17)14-7-9-15(23-2)10-8-14/h4-12H,3H2,1-2H3,(H,20,21,22)/b17-12+. The third-order valence-corrected chi connectivity index (χ3v) is 3.53. The van der Waals surface area contributed by atoms with Crippen molar-refractivity contribution in [1.29, 1.82) is 0 Å². The third kappa shape index (κ3) is 3.46. The molecule has 0 saturated heterocycles. The van der Waals surface area contributed by atoms with Crippen LogP contribution in [0.4, 0.5) is 0 Å². The zero-order valence-corrected chi connectivity index (χ0v) is 13.6. The molecular formula is C19H18N2O3. The maximum Gasteiger partial charge on any atom is 0.275 e. The molecule has 0 aromatic heterocycles. The predicted octanol–water partition coefficient (Wildman–Crippen LogP) is 3.01. The highest BCUT2D eigenvalue weighted by Gasteiger charge is 2.21. The summed E-state index contributed by atoms with van der Waals surface area (Å²) in [6.07, 6.45) is 1.74. The fourth-order valence-electron chi connectivity index (χ4n) is 2.37. The number of ether oxygens (including phenoxy) is 2. The second-order valence-corrected chi connectivity index (χ2v) is 5.18. The van der Waals surface area contributed by atoms with E-state index in [1.165, 1.54) is 0 Å². The minimum Gasteiger partial charge on any atom is -0.497 e. The van der Waals surface area contributed by atoms with Crippen LogP contribution >= 0.6 is 0 Å². The van der Waals surface area contributed by atoms with Gasteiger partial charge >= 0.3 is 0 Å². The van der Waals surface area contributed by atoms with E-state index in [0.717, 1.165) is 22.6 Å². The first-order valence-electron chi connectivity index (χ1n) is 7.68. The van der Waals surface area contributed by atoms with E-state index in [1.807, 2.05) is 55.5 Å². The van der Waals surface area contributed by atoms with Gasteiger partial charge in [0, 0.05) is 5.56 Å². The van der Waals surface area contributed by atoms with Gasteiger partial charge in [0.15, 0.2) is 0 Å². The summed E-state index contributed by atoms with van der Waals surface area (Å²) in [4.78, 5) is 16.5. The van der Waals surface area contributed by atoms with Crippen LogP contribution in [0.15, 0.2) is 59.2 Å². The maximum atomic E-state index is 12.1. The number of carbonyl (C=O) groups is 1. The molecule has 3 rings (SSSR count). The minimum atomic E-state index is -0.220. The lowest BCUT2D eigenvalue weighted by Gasteiger charge is -2.03. The number of hydrogen-bond acceptors (Lipinski definition) is 4. The van der Waals surface area contributed by atoms with Gasteiger partial charge in [-0.05, 0) is 55.0 Å². The summed E-state index contributed by atoms with van der Waals surface area (Å²) in [6.45, 7) is 2.53. The maximum absolute atomic E-state index is 12.1. The van der Waals surface area contributed by atoms with E-state index >= 15 is 0 Å². The van der Waals surface area contributed by atoms with Crippen molar-refractivity contribution in [3.8, 4) is 11.5 Å². The molecule has 0 aliphatic carbocycles. The van der Waals surface area contributed by atoms with Gasteiger partial charge in [0.2, 0.25) is 0 Å². The van der Waals surface area contributed by atoms with Crippen molar-refractivity contribution in [2.24, 2.45) is 4.99 Å². The third-order valence-electron chi connectivity index (χ3n) is 3.53. The lowest BCUT2D eigenvalue weighted by molar-refractivity contribution is -0.115. The number of amides is 1. The Morgan fingerprint density at radius 2 is 1.92 bits per heavy atom. The van der Waals surface area contributed by atoms with Gasteiger partial charge in [-0.1, -0.05) is 12.1 Å². The molecule has 1 N–H and O–H groups in total. The summed E-state index contributed by atoms with van der Waals surface area (Å²) in [7, 11) is 1.61. The molecule has 1 heterocycles. The van der Waals surface area contributed by atoms with Gasteiger partial charge in [-0.25, -0.2) is 4.99 Å². The van der Waals surface area contributed by atoms with E-state index < -0.39 is 0 Å². The van der Waals surface area contributed by atoms with Crippen LogP contribution in [0, 0.1) is 0 Å². The van der Waals surface area contributed by atoms with E-state index in [0.29, 0.717) is 18.1 Å². The Morgan fingerprint density at radius 3 is 2.62 bits per heavy atom. The summed E-state index contributed by atoms with van der Waals surface area (Å²) in [6, 6.07) is 14.9. The van der Waals surface area contributed by atoms with E-state index in [1.54, 1.807) is 13.2 Å². The number of methoxy groups -OCH3 is 1. The van der Waals surface area contributed by atoms with Gasteiger partial charge in [-0.15, -0.1) is 0 Å². The molecule has 5 heteroatoms. The van der Waals surface area contributed by atoms with Gasteiger partial charge in [0.25, 0.3) is 5.91 Å². The highest BCUT2D eigenvalue weighted by molar-refractivity contribution is 6.19. The van der Waals surface area contributed by atoms with Crippen molar-refractivity contribution in [2.75, 3.05) is 13.7 Å². The van der Waals surface area contributed by atoms with Crippen LogP contribution in [0.5, 0.6) is 11.5 Å². The Morgan fingerprint density at radius 1 is 1.12 bits per heavy atom. The van der Waals surface area contributed by atoms with Crippen molar-refractivity contribution >= 4 is 17.8 Å². The largest absolute Gasteiger partial charge is 0.497 e. The molecular weight excluding hydrogens is 304 g/mol. The number of nitrogens with one attached hydrogen (secondary N) is 1. The van der Waals surface area contributed by atoms with Crippen LogP contribution in [0.1, 0.15) is 18.1 Å². The van der Waals surface area contributed by atoms with Crippen LogP contribution in [-0.4, -0.2) is 25.5 Å². The van der Waals surface area contributed by atoms with Gasteiger partial charge in [0.1, 0.15) is 23.0 Å². The van der Waals surface area contributed by atoms with Gasteiger partial charge in [-0.2, -0.15) is 0 Å². The monoisotopic (exact) mass is 322 g/mol. The first-order chi connectivity index (χ1) is 11.7. The number of amidine groups is 1. The Labute approximate surface area is 140 Å². The Kier molecular flexibility index (Phi) is 4.61. The summed E-state index contributed by atoms with van der Waals surface area (Å²) in [5.74, 6) is 1.84. The zero-order valence-electron chi connectivity index (χ0n) is 13.6. The number of hydrogen-bond donors (Lipinski definition) is 1. The molecule has 0 fully saturated rings. The van der Waals surface area contributed by atoms with Crippen molar-refractivity contribution in [2.45, 2.75) is 6.92 Å². The summed E-state index contributed by atoms with van der Waals surface area (Å²) < 4.78 is 10.6. The van der Waals surface area contributed by atoms with Crippen molar-refractivity contribution in [3.05, 3.63) is 65.4 Å². The SMILES string of the molecule is CCOc1cccc(/C=C2/N=C(c3ccc(OC)cc3)NC2=O)c1. The molecule has 2 aromatic carbocycles. The van der Waals surface area contributed by atoms with Gasteiger partial charge < -0.3 is 14.8 Å². The highest BCUT2D eigenvalue weighted by atomic mass is 16.5. The molecule has 0 unspecified atom stereocenters. The lowest BCUT2D eigenvalue weighted by atomic mass is 10.2. The van der Waals surface area contributed by atoms with Crippen LogP contribution in [0.3, 0.4) is 0 Å². The van der Waals surface area contributed by atoms with Gasteiger partial charge in [-0.3, -0.25) is 4.79 Å². The van der Waals surface area contributed by atoms with Crippen LogP contribution in [-0.2, 0) is 4.79 Å². The van der Waals surface area contributed by atoms with E-state index in [2.05, 4.69) is 10.3 Å².